The highest BCUT2D eigenvalue weighted by Crippen LogP contribution is 2.24. The van der Waals surface area contributed by atoms with E-state index in [1.165, 1.54) is 5.56 Å². The molecule has 6 rings (SSSR count). The minimum Gasteiger partial charge on any atom is -0.395 e. The third-order valence-electron chi connectivity index (χ3n) is 7.58. The molecule has 0 aliphatic rings. The summed E-state index contributed by atoms with van der Waals surface area (Å²) in [4.78, 5) is 27.0. The van der Waals surface area contributed by atoms with E-state index in [1.54, 1.807) is 12.7 Å². The van der Waals surface area contributed by atoms with Crippen LogP contribution in [0.5, 0.6) is 0 Å². The van der Waals surface area contributed by atoms with Crippen molar-refractivity contribution in [3.05, 3.63) is 84.4 Å². The van der Waals surface area contributed by atoms with Crippen LogP contribution in [-0.4, -0.2) is 75.1 Å². The molecule has 4 heterocycles. The number of nitrogens with zero attached hydrogens (tertiary/aromatic N) is 8. The lowest BCUT2D eigenvalue weighted by atomic mass is 10.2. The Labute approximate surface area is 279 Å². The zero-order valence-corrected chi connectivity index (χ0v) is 27.8. The van der Waals surface area contributed by atoms with Gasteiger partial charge in [0.2, 0.25) is 11.9 Å². The normalized spacial score (nSPS) is 11.7. The van der Waals surface area contributed by atoms with Gasteiger partial charge in [-0.15, -0.1) is 0 Å². The van der Waals surface area contributed by atoms with Crippen LogP contribution in [0.2, 0.25) is 0 Å². The molecule has 0 spiro atoms. The number of aromatic nitrogens is 8. The van der Waals surface area contributed by atoms with Gasteiger partial charge in [-0.1, -0.05) is 67.6 Å². The molecule has 0 saturated heterocycles. The molecule has 1 atom stereocenters. The summed E-state index contributed by atoms with van der Waals surface area (Å²) in [6.45, 7) is 7.97. The van der Waals surface area contributed by atoms with E-state index < -0.39 is 0 Å². The Bertz CT molecular complexity index is 1870. The van der Waals surface area contributed by atoms with E-state index in [9.17, 15) is 5.11 Å². The van der Waals surface area contributed by atoms with Crippen LogP contribution >= 0.6 is 0 Å². The SMILES string of the molecule is CCC(CO)Nc1nc(NCc2ccccc2)c2ncn(C(C)C)c2n1.Cn1cnc2c(NCc3ccccc3)nc(NCCO)nc21. The topological polar surface area (TPSA) is 176 Å². The summed E-state index contributed by atoms with van der Waals surface area (Å²) in [5.74, 6) is 2.33. The molecule has 14 heteroatoms. The molecule has 48 heavy (non-hydrogen) atoms. The van der Waals surface area contributed by atoms with Crippen LogP contribution in [0, 0.1) is 0 Å². The van der Waals surface area contributed by atoms with Gasteiger partial charge in [0.25, 0.3) is 0 Å². The lowest BCUT2D eigenvalue weighted by Crippen LogP contribution is -2.24. The number of nitrogens with one attached hydrogen (secondary N) is 4. The zero-order chi connectivity index (χ0) is 33.9. The highest BCUT2D eigenvalue weighted by Gasteiger charge is 2.17. The van der Waals surface area contributed by atoms with Crippen molar-refractivity contribution in [3.8, 4) is 0 Å². The van der Waals surface area contributed by atoms with E-state index in [-0.39, 0.29) is 25.3 Å². The standard InChI is InChI=1S/C19H26N6O.C15H18N6O/c1-4-15(11-26)22-19-23-17(20-10-14-8-6-5-7-9-14)16-18(24-19)25(12-21-16)13(2)3;1-21-10-18-12-13(17-9-11-5-3-2-4-6-11)19-15(16-7-8-22)20-14(12)21/h5-9,12-13,15,26H,4,10-11H2,1-3H3,(H2,20,22,23,24);2-6,10,22H,7-9H2,1H3,(H2,16,17,19,20). The maximum atomic E-state index is 9.47. The first-order valence-corrected chi connectivity index (χ1v) is 16.1. The fraction of sp³-hybridized carbons (Fsp3) is 0.353. The van der Waals surface area contributed by atoms with Crippen molar-refractivity contribution in [1.82, 2.24) is 39.0 Å². The number of fused-ring (bicyclic) bond motifs is 2. The summed E-state index contributed by atoms with van der Waals surface area (Å²) in [6.07, 6.45) is 4.29. The Kier molecular flexibility index (Phi) is 11.7. The number of aryl methyl sites for hydroxylation is 1. The number of aliphatic hydroxyl groups is 2. The van der Waals surface area contributed by atoms with E-state index in [1.807, 2.05) is 59.5 Å². The second-order valence-electron chi connectivity index (χ2n) is 11.5. The molecule has 6 aromatic rings. The molecule has 0 saturated carbocycles. The largest absolute Gasteiger partial charge is 0.395 e. The number of benzene rings is 2. The lowest BCUT2D eigenvalue weighted by Gasteiger charge is -2.16. The molecule has 0 bridgehead atoms. The molecule has 0 aliphatic heterocycles. The Balaban J connectivity index is 0.000000190. The van der Waals surface area contributed by atoms with Crippen molar-refractivity contribution in [2.45, 2.75) is 52.4 Å². The summed E-state index contributed by atoms with van der Waals surface area (Å²) in [6, 6.07) is 20.4. The van der Waals surface area contributed by atoms with Crippen molar-refractivity contribution in [2.24, 2.45) is 7.05 Å². The quantitative estimate of drug-likeness (QED) is 0.0967. The summed E-state index contributed by atoms with van der Waals surface area (Å²) >= 11 is 0. The Morgan fingerprint density at radius 2 is 1.27 bits per heavy atom. The van der Waals surface area contributed by atoms with Gasteiger partial charge < -0.3 is 40.6 Å². The van der Waals surface area contributed by atoms with Gasteiger partial charge in [-0.25, -0.2) is 9.97 Å². The average molecular weight is 653 g/mol. The molecule has 252 valence electrons. The molecule has 2 aromatic carbocycles. The van der Waals surface area contributed by atoms with Crippen LogP contribution in [0.15, 0.2) is 73.3 Å². The third kappa shape index (κ3) is 8.52. The summed E-state index contributed by atoms with van der Waals surface area (Å²) in [7, 11) is 1.89. The van der Waals surface area contributed by atoms with Crippen LogP contribution in [0.3, 0.4) is 0 Å². The van der Waals surface area contributed by atoms with Gasteiger partial charge in [-0.2, -0.15) is 19.9 Å². The van der Waals surface area contributed by atoms with E-state index >= 15 is 0 Å². The molecule has 0 radical (unpaired) electrons. The molecule has 0 amide bonds. The molecule has 1 unspecified atom stereocenters. The van der Waals surface area contributed by atoms with Crippen LogP contribution in [0.4, 0.5) is 23.5 Å². The van der Waals surface area contributed by atoms with E-state index in [0.29, 0.717) is 43.2 Å². The van der Waals surface area contributed by atoms with Crippen molar-refractivity contribution < 1.29 is 10.2 Å². The molecule has 4 aromatic heterocycles. The Morgan fingerprint density at radius 1 is 0.708 bits per heavy atom. The van der Waals surface area contributed by atoms with Gasteiger partial charge >= 0.3 is 0 Å². The maximum absolute atomic E-state index is 9.47. The van der Waals surface area contributed by atoms with E-state index in [2.05, 4.69) is 89.3 Å². The highest BCUT2D eigenvalue weighted by molar-refractivity contribution is 5.85. The fourth-order valence-electron chi connectivity index (χ4n) is 4.88. The first kappa shape index (κ1) is 34.0. The van der Waals surface area contributed by atoms with Crippen molar-refractivity contribution in [1.29, 1.82) is 0 Å². The highest BCUT2D eigenvalue weighted by atomic mass is 16.3. The van der Waals surface area contributed by atoms with E-state index in [0.717, 1.165) is 34.3 Å². The summed E-state index contributed by atoms with van der Waals surface area (Å²) in [5, 5.41) is 31.3. The number of aliphatic hydroxyl groups excluding tert-OH is 2. The van der Waals surface area contributed by atoms with Crippen LogP contribution in [0.25, 0.3) is 22.3 Å². The average Bonchev–Trinajstić information content (AvgIpc) is 3.72. The van der Waals surface area contributed by atoms with Gasteiger partial charge in [-0.05, 0) is 31.4 Å². The fourth-order valence-corrected chi connectivity index (χ4v) is 4.88. The Morgan fingerprint density at radius 3 is 1.83 bits per heavy atom. The first-order valence-electron chi connectivity index (χ1n) is 16.1. The van der Waals surface area contributed by atoms with E-state index in [4.69, 9.17) is 5.11 Å². The summed E-state index contributed by atoms with van der Waals surface area (Å²) < 4.78 is 3.87. The van der Waals surface area contributed by atoms with Gasteiger partial charge in [0, 0.05) is 32.7 Å². The van der Waals surface area contributed by atoms with Gasteiger partial charge in [0.1, 0.15) is 0 Å². The number of hydrogen-bond acceptors (Lipinski definition) is 12. The van der Waals surface area contributed by atoms with Crippen molar-refractivity contribution >= 4 is 45.9 Å². The van der Waals surface area contributed by atoms with Crippen molar-refractivity contribution in [2.75, 3.05) is 41.0 Å². The third-order valence-corrected chi connectivity index (χ3v) is 7.58. The molecule has 0 aliphatic carbocycles. The van der Waals surface area contributed by atoms with Gasteiger partial charge in [-0.3, -0.25) is 0 Å². The minimum absolute atomic E-state index is 0.0273. The van der Waals surface area contributed by atoms with Gasteiger partial charge in [0.15, 0.2) is 34.0 Å². The number of hydrogen-bond donors (Lipinski definition) is 6. The predicted octanol–water partition coefficient (Wildman–Crippen LogP) is 4.58. The number of anilines is 4. The van der Waals surface area contributed by atoms with Crippen LogP contribution in [-0.2, 0) is 20.1 Å². The second kappa shape index (κ2) is 16.5. The monoisotopic (exact) mass is 652 g/mol. The molecule has 0 fully saturated rings. The molecule has 6 N–H and O–H groups in total. The van der Waals surface area contributed by atoms with Crippen LogP contribution < -0.4 is 21.3 Å². The number of imidazole rings is 2. The lowest BCUT2D eigenvalue weighted by molar-refractivity contribution is 0.271. The molecular weight excluding hydrogens is 608 g/mol. The molecular formula is C34H44N12O2. The first-order chi connectivity index (χ1) is 23.4. The predicted molar refractivity (Wildman–Crippen MR) is 190 cm³/mol. The van der Waals surface area contributed by atoms with Crippen molar-refractivity contribution in [3.63, 3.8) is 0 Å². The molecule has 14 nitrogen and oxygen atoms in total. The zero-order valence-electron chi connectivity index (χ0n) is 27.8. The summed E-state index contributed by atoms with van der Waals surface area (Å²) in [5.41, 5.74) is 5.32. The van der Waals surface area contributed by atoms with Crippen LogP contribution in [0.1, 0.15) is 44.4 Å². The maximum Gasteiger partial charge on any atom is 0.227 e. The Hall–Kier alpha value is -5.34. The van der Waals surface area contributed by atoms with Gasteiger partial charge in [0.05, 0.1) is 31.9 Å². The minimum atomic E-state index is -0.0788. The smallest absolute Gasteiger partial charge is 0.227 e. The number of rotatable bonds is 14. The second-order valence-corrected chi connectivity index (χ2v) is 11.5.